The first-order valence-corrected chi connectivity index (χ1v) is 5.02. The van der Waals surface area contributed by atoms with Crippen LogP contribution in [0.2, 0.25) is 0 Å². The molecule has 13 heavy (non-hydrogen) atoms. The van der Waals surface area contributed by atoms with Crippen molar-refractivity contribution < 1.29 is 5.11 Å². The van der Waals surface area contributed by atoms with Crippen molar-refractivity contribution in [3.8, 4) is 0 Å². The maximum absolute atomic E-state index is 9.43. The van der Waals surface area contributed by atoms with Gasteiger partial charge in [-0.25, -0.2) is 0 Å². The van der Waals surface area contributed by atoms with Gasteiger partial charge in [-0.15, -0.1) is 11.6 Å². The molecule has 1 N–H and O–H groups in total. The number of hydrogen-bond acceptors (Lipinski definition) is 1. The quantitative estimate of drug-likeness (QED) is 0.741. The van der Waals surface area contributed by atoms with Gasteiger partial charge in [-0.3, -0.25) is 0 Å². The van der Waals surface area contributed by atoms with Gasteiger partial charge >= 0.3 is 0 Å². The van der Waals surface area contributed by atoms with Crippen LogP contribution in [0, 0.1) is 0 Å². The van der Waals surface area contributed by atoms with Crippen molar-refractivity contribution >= 4 is 11.6 Å². The molecule has 0 fully saturated rings. The Morgan fingerprint density at radius 2 is 1.62 bits per heavy atom. The Kier molecular flexibility index (Phi) is 3.76. The second-order valence-electron chi connectivity index (χ2n) is 3.49. The van der Waals surface area contributed by atoms with E-state index in [2.05, 4.69) is 13.8 Å². The topological polar surface area (TPSA) is 20.2 Å². The molecular weight excluding hydrogens is 184 g/mol. The highest BCUT2D eigenvalue weighted by Gasteiger charge is 2.05. The summed E-state index contributed by atoms with van der Waals surface area (Å²) < 4.78 is 0. The minimum Gasteiger partial charge on any atom is -0.387 e. The second kappa shape index (κ2) is 4.64. The molecule has 0 saturated carbocycles. The number of alkyl halides is 1. The van der Waals surface area contributed by atoms with Gasteiger partial charge in [-0.1, -0.05) is 38.1 Å². The van der Waals surface area contributed by atoms with E-state index in [9.17, 15) is 5.11 Å². The summed E-state index contributed by atoms with van der Waals surface area (Å²) in [4.78, 5) is 0. The minimum atomic E-state index is -0.539. The normalized spacial score (nSPS) is 13.3. The van der Waals surface area contributed by atoms with Crippen LogP contribution in [-0.4, -0.2) is 11.0 Å². The summed E-state index contributed by atoms with van der Waals surface area (Å²) in [5.74, 6) is 0.781. The van der Waals surface area contributed by atoms with Crippen molar-refractivity contribution in [3.63, 3.8) is 0 Å². The molecule has 1 rings (SSSR count). The molecule has 1 aromatic carbocycles. The smallest absolute Gasteiger partial charge is 0.0925 e. The van der Waals surface area contributed by atoms with Gasteiger partial charge in [0.15, 0.2) is 0 Å². The molecule has 0 amide bonds. The molecule has 0 saturated heterocycles. The molecule has 0 spiro atoms. The van der Waals surface area contributed by atoms with Gasteiger partial charge in [0.2, 0.25) is 0 Å². The van der Waals surface area contributed by atoms with Gasteiger partial charge in [0.05, 0.1) is 12.0 Å². The van der Waals surface area contributed by atoms with Crippen LogP contribution in [0.4, 0.5) is 0 Å². The zero-order valence-corrected chi connectivity index (χ0v) is 8.75. The van der Waals surface area contributed by atoms with Crippen LogP contribution in [-0.2, 0) is 0 Å². The Morgan fingerprint density at radius 1 is 1.15 bits per heavy atom. The first-order valence-electron chi connectivity index (χ1n) is 4.49. The lowest BCUT2D eigenvalue weighted by molar-refractivity contribution is 0.202. The average molecular weight is 199 g/mol. The van der Waals surface area contributed by atoms with E-state index in [1.165, 1.54) is 5.56 Å². The molecule has 0 aliphatic carbocycles. The molecule has 0 bridgehead atoms. The molecule has 0 aliphatic heterocycles. The molecule has 72 valence electrons. The van der Waals surface area contributed by atoms with Crippen LogP contribution in [0.3, 0.4) is 0 Å². The Bertz CT molecular complexity index is 253. The van der Waals surface area contributed by atoms with Crippen molar-refractivity contribution in [2.24, 2.45) is 0 Å². The summed E-state index contributed by atoms with van der Waals surface area (Å²) in [5, 5.41) is 9.43. The van der Waals surface area contributed by atoms with Gasteiger partial charge < -0.3 is 5.11 Å². The Labute approximate surface area is 84.4 Å². The van der Waals surface area contributed by atoms with E-state index in [1.54, 1.807) is 0 Å². The molecule has 0 heterocycles. The number of halogens is 1. The Morgan fingerprint density at radius 3 is 2.00 bits per heavy atom. The fraction of sp³-hybridized carbons (Fsp3) is 0.455. The molecular formula is C11H15ClO. The third-order valence-electron chi connectivity index (χ3n) is 2.13. The van der Waals surface area contributed by atoms with E-state index in [0.717, 1.165) is 5.56 Å². The van der Waals surface area contributed by atoms with Crippen LogP contribution in [0.15, 0.2) is 24.3 Å². The molecule has 2 heteroatoms. The molecule has 1 nitrogen and oxygen atoms in total. The van der Waals surface area contributed by atoms with E-state index in [-0.39, 0.29) is 5.88 Å². The van der Waals surface area contributed by atoms with Crippen molar-refractivity contribution in [2.75, 3.05) is 5.88 Å². The number of aliphatic hydroxyl groups excluding tert-OH is 1. The third-order valence-corrected chi connectivity index (χ3v) is 2.43. The van der Waals surface area contributed by atoms with Gasteiger partial charge in [0, 0.05) is 0 Å². The first-order chi connectivity index (χ1) is 6.15. The van der Waals surface area contributed by atoms with E-state index in [4.69, 9.17) is 11.6 Å². The monoisotopic (exact) mass is 198 g/mol. The van der Waals surface area contributed by atoms with E-state index >= 15 is 0 Å². The third kappa shape index (κ3) is 2.71. The SMILES string of the molecule is CC(C)c1ccc(C(O)CCl)cc1. The summed E-state index contributed by atoms with van der Waals surface area (Å²) in [6.07, 6.45) is -0.539. The summed E-state index contributed by atoms with van der Waals surface area (Å²) >= 11 is 5.54. The highest BCUT2D eigenvalue weighted by atomic mass is 35.5. The molecule has 0 radical (unpaired) electrons. The summed E-state index contributed by atoms with van der Waals surface area (Å²) in [7, 11) is 0. The van der Waals surface area contributed by atoms with Crippen molar-refractivity contribution in [1.29, 1.82) is 0 Å². The Balaban J connectivity index is 2.81. The predicted molar refractivity (Wildman–Crippen MR) is 56.2 cm³/mol. The van der Waals surface area contributed by atoms with Crippen LogP contribution in [0.5, 0.6) is 0 Å². The second-order valence-corrected chi connectivity index (χ2v) is 3.80. The zero-order chi connectivity index (χ0) is 9.84. The van der Waals surface area contributed by atoms with Gasteiger partial charge in [0.25, 0.3) is 0 Å². The molecule has 1 atom stereocenters. The van der Waals surface area contributed by atoms with E-state index < -0.39 is 6.10 Å². The first kappa shape index (κ1) is 10.6. The van der Waals surface area contributed by atoms with Crippen LogP contribution < -0.4 is 0 Å². The number of benzene rings is 1. The lowest BCUT2D eigenvalue weighted by Gasteiger charge is -2.09. The highest BCUT2D eigenvalue weighted by Crippen LogP contribution is 2.19. The minimum absolute atomic E-state index is 0.251. The lowest BCUT2D eigenvalue weighted by atomic mass is 10.0. The molecule has 1 aromatic rings. The summed E-state index contributed by atoms with van der Waals surface area (Å²) in [6.45, 7) is 4.29. The fourth-order valence-electron chi connectivity index (χ4n) is 1.19. The number of aliphatic hydroxyl groups is 1. The molecule has 1 unspecified atom stereocenters. The molecule has 0 aliphatic rings. The van der Waals surface area contributed by atoms with Crippen LogP contribution >= 0.6 is 11.6 Å². The highest BCUT2D eigenvalue weighted by molar-refractivity contribution is 6.18. The zero-order valence-electron chi connectivity index (χ0n) is 8.00. The fourth-order valence-corrected chi connectivity index (χ4v) is 1.37. The van der Waals surface area contributed by atoms with Crippen LogP contribution in [0.25, 0.3) is 0 Å². The van der Waals surface area contributed by atoms with Crippen molar-refractivity contribution in [1.82, 2.24) is 0 Å². The standard InChI is InChI=1S/C11H15ClO/c1-8(2)9-3-5-10(6-4-9)11(13)7-12/h3-6,8,11,13H,7H2,1-2H3. The van der Waals surface area contributed by atoms with Gasteiger partial charge in [-0.2, -0.15) is 0 Å². The van der Waals surface area contributed by atoms with Crippen LogP contribution in [0.1, 0.15) is 37.0 Å². The summed E-state index contributed by atoms with van der Waals surface area (Å²) in [5.41, 5.74) is 2.17. The Hall–Kier alpha value is -0.530. The average Bonchev–Trinajstić information content (AvgIpc) is 2.17. The van der Waals surface area contributed by atoms with Crippen molar-refractivity contribution in [2.45, 2.75) is 25.9 Å². The van der Waals surface area contributed by atoms with E-state index in [1.807, 2.05) is 24.3 Å². The predicted octanol–water partition coefficient (Wildman–Crippen LogP) is 3.08. The largest absolute Gasteiger partial charge is 0.387 e. The summed E-state index contributed by atoms with van der Waals surface area (Å²) in [6, 6.07) is 7.94. The van der Waals surface area contributed by atoms with Gasteiger partial charge in [-0.05, 0) is 17.0 Å². The molecule has 0 aromatic heterocycles. The maximum atomic E-state index is 9.43. The number of hydrogen-bond donors (Lipinski definition) is 1. The lowest BCUT2D eigenvalue weighted by Crippen LogP contribution is -1.98. The number of rotatable bonds is 3. The maximum Gasteiger partial charge on any atom is 0.0925 e. The van der Waals surface area contributed by atoms with Crippen molar-refractivity contribution in [3.05, 3.63) is 35.4 Å². The van der Waals surface area contributed by atoms with E-state index in [0.29, 0.717) is 5.92 Å². The van der Waals surface area contributed by atoms with Gasteiger partial charge in [0.1, 0.15) is 0 Å².